The van der Waals surface area contributed by atoms with Crippen LogP contribution in [0.15, 0.2) is 65.7 Å². The second-order valence-electron chi connectivity index (χ2n) is 6.33. The quantitative estimate of drug-likeness (QED) is 0.669. The van der Waals surface area contributed by atoms with Gasteiger partial charge in [-0.05, 0) is 47.5 Å². The van der Waals surface area contributed by atoms with E-state index in [2.05, 4.69) is 10.3 Å². The summed E-state index contributed by atoms with van der Waals surface area (Å²) in [5, 5.41) is 2.52. The molecule has 0 aliphatic carbocycles. The van der Waals surface area contributed by atoms with Crippen LogP contribution in [0.4, 0.5) is 4.39 Å². The Hall–Kier alpha value is -3.26. The average molecular weight is 414 g/mol. The van der Waals surface area contributed by atoms with E-state index in [0.717, 1.165) is 11.8 Å². The number of carbonyl (C=O) groups is 1. The number of nitrogens with zero attached hydrogens (tertiary/aromatic N) is 1. The molecule has 2 aromatic carbocycles. The van der Waals surface area contributed by atoms with Crippen LogP contribution in [0.3, 0.4) is 0 Å². The molecular weight excluding hydrogens is 395 g/mol. The number of sulfone groups is 1. The molecule has 1 N–H and O–H groups in total. The van der Waals surface area contributed by atoms with E-state index in [1.165, 1.54) is 30.5 Å². The van der Waals surface area contributed by atoms with Gasteiger partial charge < -0.3 is 10.1 Å². The summed E-state index contributed by atoms with van der Waals surface area (Å²) in [5.74, 6) is -0.651. The number of aromatic nitrogens is 1. The Labute approximate surface area is 168 Å². The van der Waals surface area contributed by atoms with Crippen molar-refractivity contribution in [2.75, 3.05) is 13.4 Å². The minimum absolute atomic E-state index is 0.0237. The largest absolute Gasteiger partial charge is 0.497 e. The molecule has 0 atom stereocenters. The molecule has 29 heavy (non-hydrogen) atoms. The molecule has 150 valence electrons. The third kappa shape index (κ3) is 4.78. The fraction of sp³-hybridized carbons (Fsp3) is 0.143. The van der Waals surface area contributed by atoms with Gasteiger partial charge in [0.15, 0.2) is 9.84 Å². The maximum Gasteiger partial charge on any atom is 0.254 e. The molecule has 1 aromatic heterocycles. The van der Waals surface area contributed by atoms with Crippen LogP contribution in [0.2, 0.25) is 0 Å². The molecule has 0 aliphatic heterocycles. The van der Waals surface area contributed by atoms with Crippen molar-refractivity contribution in [1.29, 1.82) is 0 Å². The zero-order chi connectivity index (χ0) is 21.0. The Morgan fingerprint density at radius 1 is 1.10 bits per heavy atom. The van der Waals surface area contributed by atoms with Gasteiger partial charge in [0.1, 0.15) is 11.6 Å². The van der Waals surface area contributed by atoms with Crippen molar-refractivity contribution in [2.24, 2.45) is 0 Å². The highest BCUT2D eigenvalue weighted by Gasteiger charge is 2.17. The third-order valence-corrected chi connectivity index (χ3v) is 5.47. The van der Waals surface area contributed by atoms with Crippen LogP contribution >= 0.6 is 0 Å². The SMILES string of the molecule is COc1ccc(-c2ccc(C(=O)NCc3ncccc3S(C)(=O)=O)c(F)c2)cc1. The smallest absolute Gasteiger partial charge is 0.254 e. The number of hydrogen-bond acceptors (Lipinski definition) is 5. The fourth-order valence-corrected chi connectivity index (χ4v) is 3.69. The summed E-state index contributed by atoms with van der Waals surface area (Å²) in [6.45, 7) is -0.137. The lowest BCUT2D eigenvalue weighted by Crippen LogP contribution is -2.25. The Bertz CT molecular complexity index is 1150. The normalized spacial score (nSPS) is 11.1. The van der Waals surface area contributed by atoms with Crippen LogP contribution in [-0.4, -0.2) is 32.7 Å². The number of hydrogen-bond donors (Lipinski definition) is 1. The van der Waals surface area contributed by atoms with E-state index in [1.54, 1.807) is 37.4 Å². The highest BCUT2D eigenvalue weighted by Crippen LogP contribution is 2.24. The van der Waals surface area contributed by atoms with Gasteiger partial charge in [0.05, 0.1) is 29.8 Å². The number of carbonyl (C=O) groups excluding carboxylic acids is 1. The Kier molecular flexibility index (Phi) is 5.93. The zero-order valence-corrected chi connectivity index (χ0v) is 16.7. The van der Waals surface area contributed by atoms with Crippen LogP contribution in [0, 0.1) is 5.82 Å². The summed E-state index contributed by atoms with van der Waals surface area (Å²) < 4.78 is 43.3. The van der Waals surface area contributed by atoms with Crippen LogP contribution in [0.5, 0.6) is 5.75 Å². The molecule has 0 bridgehead atoms. The Morgan fingerprint density at radius 2 is 1.79 bits per heavy atom. The van der Waals surface area contributed by atoms with Crippen molar-refractivity contribution < 1.29 is 22.3 Å². The number of ether oxygens (including phenoxy) is 1. The second kappa shape index (κ2) is 8.40. The number of nitrogens with one attached hydrogen (secondary N) is 1. The first-order valence-corrected chi connectivity index (χ1v) is 10.5. The fourth-order valence-electron chi connectivity index (χ4n) is 2.82. The van der Waals surface area contributed by atoms with Crippen LogP contribution < -0.4 is 10.1 Å². The predicted molar refractivity (Wildman–Crippen MR) is 107 cm³/mol. The molecule has 8 heteroatoms. The van der Waals surface area contributed by atoms with Crippen molar-refractivity contribution in [1.82, 2.24) is 10.3 Å². The molecule has 3 rings (SSSR count). The summed E-state index contributed by atoms with van der Waals surface area (Å²) in [7, 11) is -1.93. The van der Waals surface area contributed by atoms with Gasteiger partial charge in [0, 0.05) is 12.5 Å². The summed E-state index contributed by atoms with van der Waals surface area (Å²) in [5.41, 5.74) is 1.45. The van der Waals surface area contributed by atoms with E-state index >= 15 is 0 Å². The molecule has 0 saturated heterocycles. The maximum absolute atomic E-state index is 14.5. The Balaban J connectivity index is 1.77. The maximum atomic E-state index is 14.5. The molecule has 0 aliphatic rings. The van der Waals surface area contributed by atoms with Crippen molar-refractivity contribution >= 4 is 15.7 Å². The van der Waals surface area contributed by atoms with Gasteiger partial charge >= 0.3 is 0 Å². The van der Waals surface area contributed by atoms with E-state index < -0.39 is 21.6 Å². The minimum atomic E-state index is -3.49. The highest BCUT2D eigenvalue weighted by atomic mass is 32.2. The van der Waals surface area contributed by atoms with Gasteiger partial charge in [-0.15, -0.1) is 0 Å². The number of pyridine rings is 1. The first-order chi connectivity index (χ1) is 13.8. The van der Waals surface area contributed by atoms with Gasteiger partial charge in [-0.3, -0.25) is 9.78 Å². The molecule has 0 spiro atoms. The lowest BCUT2D eigenvalue weighted by Gasteiger charge is -2.10. The van der Waals surface area contributed by atoms with Gasteiger partial charge in [0.25, 0.3) is 5.91 Å². The zero-order valence-electron chi connectivity index (χ0n) is 15.8. The van der Waals surface area contributed by atoms with Crippen LogP contribution in [0.1, 0.15) is 16.1 Å². The van der Waals surface area contributed by atoms with Gasteiger partial charge in [-0.25, -0.2) is 12.8 Å². The van der Waals surface area contributed by atoms with E-state index in [1.807, 2.05) is 0 Å². The monoisotopic (exact) mass is 414 g/mol. The predicted octanol–water partition coefficient (Wildman–Crippen LogP) is 3.23. The van der Waals surface area contributed by atoms with Crippen molar-refractivity contribution in [3.05, 3.63) is 77.9 Å². The lowest BCUT2D eigenvalue weighted by molar-refractivity contribution is 0.0946. The molecule has 0 radical (unpaired) electrons. The number of rotatable bonds is 6. The second-order valence-corrected chi connectivity index (χ2v) is 8.31. The summed E-state index contributed by atoms with van der Waals surface area (Å²) in [6, 6.07) is 14.3. The number of halogens is 1. The number of amides is 1. The first-order valence-electron chi connectivity index (χ1n) is 8.65. The summed E-state index contributed by atoms with van der Waals surface area (Å²) in [4.78, 5) is 16.4. The molecule has 0 fully saturated rings. The van der Waals surface area contributed by atoms with E-state index in [-0.39, 0.29) is 22.7 Å². The van der Waals surface area contributed by atoms with Crippen LogP contribution in [0.25, 0.3) is 11.1 Å². The van der Waals surface area contributed by atoms with E-state index in [4.69, 9.17) is 4.74 Å². The van der Waals surface area contributed by atoms with Crippen molar-refractivity contribution in [3.8, 4) is 16.9 Å². The lowest BCUT2D eigenvalue weighted by atomic mass is 10.0. The third-order valence-electron chi connectivity index (χ3n) is 4.30. The van der Waals surface area contributed by atoms with Gasteiger partial charge in [0.2, 0.25) is 0 Å². The highest BCUT2D eigenvalue weighted by molar-refractivity contribution is 7.90. The Morgan fingerprint density at radius 3 is 2.41 bits per heavy atom. The van der Waals surface area contributed by atoms with Gasteiger partial charge in [-0.2, -0.15) is 0 Å². The summed E-state index contributed by atoms with van der Waals surface area (Å²) in [6.07, 6.45) is 2.49. The summed E-state index contributed by atoms with van der Waals surface area (Å²) >= 11 is 0. The molecule has 1 heterocycles. The van der Waals surface area contributed by atoms with Crippen molar-refractivity contribution in [2.45, 2.75) is 11.4 Å². The molecule has 1 amide bonds. The standard InChI is InChI=1S/C21H19FN2O4S/c1-28-16-8-5-14(6-9-16)15-7-10-17(18(22)12-15)21(25)24-13-19-20(29(2,26)27)4-3-11-23-19/h3-12H,13H2,1-2H3,(H,24,25). The van der Waals surface area contributed by atoms with E-state index in [9.17, 15) is 17.6 Å². The number of methoxy groups -OCH3 is 1. The molecule has 3 aromatic rings. The molecule has 6 nitrogen and oxygen atoms in total. The average Bonchev–Trinajstić information content (AvgIpc) is 2.71. The van der Waals surface area contributed by atoms with Gasteiger partial charge in [-0.1, -0.05) is 18.2 Å². The van der Waals surface area contributed by atoms with E-state index in [0.29, 0.717) is 11.3 Å². The molecular formula is C21H19FN2O4S. The topological polar surface area (TPSA) is 85.4 Å². The minimum Gasteiger partial charge on any atom is -0.497 e. The van der Waals surface area contributed by atoms with Crippen molar-refractivity contribution in [3.63, 3.8) is 0 Å². The first kappa shape index (κ1) is 20.5. The molecule has 0 unspecified atom stereocenters. The number of benzene rings is 2. The van der Waals surface area contributed by atoms with Crippen LogP contribution in [-0.2, 0) is 16.4 Å². The molecule has 0 saturated carbocycles.